The molecule has 0 fully saturated rings. The molecule has 0 bridgehead atoms. The predicted molar refractivity (Wildman–Crippen MR) is 87.0 cm³/mol. The van der Waals surface area contributed by atoms with Crippen molar-refractivity contribution in [3.8, 4) is 0 Å². The van der Waals surface area contributed by atoms with E-state index in [0.717, 1.165) is 16.8 Å². The van der Waals surface area contributed by atoms with Crippen LogP contribution >= 0.6 is 0 Å². The molecule has 2 aromatic rings. The number of nitrogens with two attached hydrogens (primary N) is 1. The Bertz CT molecular complexity index is 635. The molecule has 5 heteroatoms. The number of carbonyl (C=O) groups excluding carboxylic acids is 1. The highest BCUT2D eigenvalue weighted by Crippen LogP contribution is 2.21. The minimum absolute atomic E-state index is 0.0490. The molecular formula is C17H24N4O. The highest BCUT2D eigenvalue weighted by Gasteiger charge is 2.24. The molecule has 1 aromatic heterocycles. The van der Waals surface area contributed by atoms with Crippen molar-refractivity contribution in [2.75, 3.05) is 0 Å². The number of hydrogen-bond acceptors (Lipinski definition) is 3. The molecular weight excluding hydrogens is 276 g/mol. The Morgan fingerprint density at radius 1 is 1.27 bits per heavy atom. The van der Waals surface area contributed by atoms with Crippen LogP contribution in [0.15, 0.2) is 36.5 Å². The summed E-state index contributed by atoms with van der Waals surface area (Å²) in [6.45, 7) is 5.76. The number of hydrogen-bond donors (Lipinski definition) is 2. The molecule has 3 unspecified atom stereocenters. The van der Waals surface area contributed by atoms with E-state index >= 15 is 0 Å². The van der Waals surface area contributed by atoms with Crippen molar-refractivity contribution in [2.24, 2.45) is 18.7 Å². The van der Waals surface area contributed by atoms with Gasteiger partial charge in [-0.3, -0.25) is 9.48 Å². The molecule has 2 rings (SSSR count). The number of nitrogens with one attached hydrogen (secondary N) is 1. The standard InChI is InChI=1S/C17H24N4O/c1-11(16(18)14-8-6-5-7-9-14)17(22)19-12(2)15-10-21(4)20-13(15)3/h5-12,16H,18H2,1-4H3,(H,19,22). The highest BCUT2D eigenvalue weighted by atomic mass is 16.1. The Morgan fingerprint density at radius 2 is 1.91 bits per heavy atom. The average Bonchev–Trinajstić information content (AvgIpc) is 2.85. The van der Waals surface area contributed by atoms with Crippen LogP contribution in [0, 0.1) is 12.8 Å². The molecule has 0 aliphatic heterocycles. The molecule has 0 spiro atoms. The van der Waals surface area contributed by atoms with Gasteiger partial charge in [0.05, 0.1) is 17.7 Å². The van der Waals surface area contributed by atoms with Crippen molar-refractivity contribution >= 4 is 5.91 Å². The molecule has 118 valence electrons. The van der Waals surface area contributed by atoms with Crippen molar-refractivity contribution in [2.45, 2.75) is 32.9 Å². The summed E-state index contributed by atoms with van der Waals surface area (Å²) in [5, 5.41) is 7.34. The molecule has 0 aliphatic carbocycles. The quantitative estimate of drug-likeness (QED) is 0.889. The highest BCUT2D eigenvalue weighted by molar-refractivity contribution is 5.79. The summed E-state index contributed by atoms with van der Waals surface area (Å²) in [6, 6.07) is 9.29. The lowest BCUT2D eigenvalue weighted by Crippen LogP contribution is -2.37. The van der Waals surface area contributed by atoms with Crippen LogP contribution in [-0.4, -0.2) is 15.7 Å². The fourth-order valence-electron chi connectivity index (χ4n) is 2.59. The van der Waals surface area contributed by atoms with Crippen molar-refractivity contribution in [1.82, 2.24) is 15.1 Å². The molecule has 1 amide bonds. The Labute approximate surface area is 131 Å². The molecule has 0 aliphatic rings. The van der Waals surface area contributed by atoms with Gasteiger partial charge in [0.25, 0.3) is 0 Å². The van der Waals surface area contributed by atoms with Gasteiger partial charge in [0.2, 0.25) is 5.91 Å². The SMILES string of the molecule is Cc1nn(C)cc1C(C)NC(=O)C(C)C(N)c1ccccc1. The number of aromatic nitrogens is 2. The first-order valence-corrected chi connectivity index (χ1v) is 7.51. The van der Waals surface area contributed by atoms with Crippen LogP contribution in [0.25, 0.3) is 0 Å². The van der Waals surface area contributed by atoms with Gasteiger partial charge in [-0.15, -0.1) is 0 Å². The minimum atomic E-state index is -0.316. The normalized spacial score (nSPS) is 15.1. The van der Waals surface area contributed by atoms with Crippen LogP contribution in [0.3, 0.4) is 0 Å². The fourth-order valence-corrected chi connectivity index (χ4v) is 2.59. The van der Waals surface area contributed by atoms with Crippen molar-refractivity contribution < 1.29 is 4.79 Å². The van der Waals surface area contributed by atoms with E-state index in [1.807, 2.05) is 64.3 Å². The second kappa shape index (κ2) is 6.75. The van der Waals surface area contributed by atoms with Crippen LogP contribution in [-0.2, 0) is 11.8 Å². The topological polar surface area (TPSA) is 72.9 Å². The van der Waals surface area contributed by atoms with Crippen LogP contribution in [0.1, 0.15) is 42.8 Å². The maximum absolute atomic E-state index is 12.4. The lowest BCUT2D eigenvalue weighted by Gasteiger charge is -2.22. The third kappa shape index (κ3) is 3.54. The Kier molecular flexibility index (Phi) is 4.98. The molecule has 5 nitrogen and oxygen atoms in total. The van der Waals surface area contributed by atoms with Gasteiger partial charge in [-0.2, -0.15) is 5.10 Å². The summed E-state index contributed by atoms with van der Waals surface area (Å²) in [6.07, 6.45) is 1.93. The number of carbonyl (C=O) groups is 1. The first kappa shape index (κ1) is 16.2. The van der Waals surface area contributed by atoms with E-state index in [1.165, 1.54) is 0 Å². The summed E-state index contributed by atoms with van der Waals surface area (Å²) in [5.41, 5.74) is 9.13. The van der Waals surface area contributed by atoms with Gasteiger partial charge in [0, 0.05) is 24.8 Å². The zero-order valence-corrected chi connectivity index (χ0v) is 13.6. The van der Waals surface area contributed by atoms with Crippen molar-refractivity contribution in [1.29, 1.82) is 0 Å². The van der Waals surface area contributed by atoms with Crippen molar-refractivity contribution in [3.05, 3.63) is 53.3 Å². The summed E-state index contributed by atoms with van der Waals surface area (Å²) in [5.74, 6) is -0.353. The summed E-state index contributed by atoms with van der Waals surface area (Å²) in [4.78, 5) is 12.4. The molecule has 22 heavy (non-hydrogen) atoms. The van der Waals surface area contributed by atoms with E-state index in [0.29, 0.717) is 0 Å². The Hall–Kier alpha value is -2.14. The number of nitrogens with zero attached hydrogens (tertiary/aromatic N) is 2. The third-order valence-corrected chi connectivity index (χ3v) is 4.01. The van der Waals surface area contributed by atoms with Gasteiger partial charge in [0.1, 0.15) is 0 Å². The summed E-state index contributed by atoms with van der Waals surface area (Å²) in [7, 11) is 1.87. The summed E-state index contributed by atoms with van der Waals surface area (Å²) >= 11 is 0. The van der Waals surface area contributed by atoms with Gasteiger partial charge in [-0.1, -0.05) is 37.3 Å². The smallest absolute Gasteiger partial charge is 0.225 e. The third-order valence-electron chi connectivity index (χ3n) is 4.01. The van der Waals surface area contributed by atoms with Crippen LogP contribution < -0.4 is 11.1 Å². The maximum Gasteiger partial charge on any atom is 0.225 e. The van der Waals surface area contributed by atoms with Gasteiger partial charge in [0.15, 0.2) is 0 Å². The number of rotatable bonds is 5. The zero-order valence-electron chi connectivity index (χ0n) is 13.6. The Balaban J connectivity index is 2.03. The predicted octanol–water partition coefficient (Wildman–Crippen LogP) is 2.24. The summed E-state index contributed by atoms with van der Waals surface area (Å²) < 4.78 is 1.76. The first-order valence-electron chi connectivity index (χ1n) is 7.51. The minimum Gasteiger partial charge on any atom is -0.349 e. The lowest BCUT2D eigenvalue weighted by atomic mass is 9.94. The number of benzene rings is 1. The van der Waals surface area contributed by atoms with Crippen LogP contribution in [0.2, 0.25) is 0 Å². The van der Waals surface area contributed by atoms with E-state index in [2.05, 4.69) is 10.4 Å². The van der Waals surface area contributed by atoms with Crippen molar-refractivity contribution in [3.63, 3.8) is 0 Å². The number of amides is 1. The first-order chi connectivity index (χ1) is 10.4. The second-order valence-corrected chi connectivity index (χ2v) is 5.80. The van der Waals surface area contributed by atoms with Gasteiger partial charge in [-0.05, 0) is 19.4 Å². The molecule has 1 heterocycles. The molecule has 3 N–H and O–H groups in total. The van der Waals surface area contributed by atoms with E-state index in [4.69, 9.17) is 5.73 Å². The van der Waals surface area contributed by atoms with Gasteiger partial charge in [-0.25, -0.2) is 0 Å². The second-order valence-electron chi connectivity index (χ2n) is 5.80. The molecule has 0 radical (unpaired) electrons. The van der Waals surface area contributed by atoms with Crippen LogP contribution in [0.5, 0.6) is 0 Å². The molecule has 3 atom stereocenters. The van der Waals surface area contributed by atoms with E-state index < -0.39 is 0 Å². The number of aryl methyl sites for hydroxylation is 2. The maximum atomic E-state index is 12.4. The Morgan fingerprint density at radius 3 is 2.45 bits per heavy atom. The molecule has 0 saturated carbocycles. The van der Waals surface area contributed by atoms with Gasteiger partial charge >= 0.3 is 0 Å². The monoisotopic (exact) mass is 300 g/mol. The largest absolute Gasteiger partial charge is 0.349 e. The van der Waals surface area contributed by atoms with E-state index in [-0.39, 0.29) is 23.9 Å². The van der Waals surface area contributed by atoms with E-state index in [9.17, 15) is 4.79 Å². The average molecular weight is 300 g/mol. The fraction of sp³-hybridized carbons (Fsp3) is 0.412. The lowest BCUT2D eigenvalue weighted by molar-refractivity contribution is -0.125. The van der Waals surface area contributed by atoms with E-state index in [1.54, 1.807) is 4.68 Å². The zero-order chi connectivity index (χ0) is 16.3. The van der Waals surface area contributed by atoms with Gasteiger partial charge < -0.3 is 11.1 Å². The molecule has 0 saturated heterocycles. The van der Waals surface area contributed by atoms with Crippen LogP contribution in [0.4, 0.5) is 0 Å². The molecule has 1 aromatic carbocycles.